The van der Waals surface area contributed by atoms with E-state index in [0.717, 1.165) is 0 Å². The molecule has 0 aromatic rings. The van der Waals surface area contributed by atoms with Crippen LogP contribution in [0.5, 0.6) is 0 Å². The van der Waals surface area contributed by atoms with Crippen LogP contribution < -0.4 is 0 Å². The monoisotopic (exact) mass is 178 g/mol. The van der Waals surface area contributed by atoms with Crippen molar-refractivity contribution in [1.29, 1.82) is 0 Å². The molecular weight excluding hydrogens is 167 g/mol. The third-order valence-corrected chi connectivity index (χ3v) is 0. The fraction of sp³-hybridized carbons (Fsp3) is 0.500. The fourth-order valence-electron chi connectivity index (χ4n) is 0. The maximum absolute atomic E-state index is 3.36. The summed E-state index contributed by atoms with van der Waals surface area (Å²) in [6.07, 6.45) is 1.75. The Morgan fingerprint density at radius 1 is 1.50 bits per heavy atom. The molecule has 0 rings (SSSR count). The van der Waals surface area contributed by atoms with Crippen LogP contribution in [0.1, 0.15) is 6.92 Å². The van der Waals surface area contributed by atoms with Gasteiger partial charge in [-0.15, -0.1) is 6.58 Å². The summed E-state index contributed by atoms with van der Waals surface area (Å²) in [7, 11) is 1.31. The zero-order valence-electron chi connectivity index (χ0n) is 4.78. The Hall–Kier alpha value is 0.840. The normalized spacial score (nSPS) is 3.67. The van der Waals surface area contributed by atoms with Gasteiger partial charge in [0.25, 0.3) is 0 Å². The van der Waals surface area contributed by atoms with Crippen molar-refractivity contribution in [2.24, 2.45) is 0 Å². The van der Waals surface area contributed by atoms with Crippen LogP contribution in [0.25, 0.3) is 0 Å². The molecule has 0 aliphatic carbocycles. The van der Waals surface area contributed by atoms with Gasteiger partial charge < -0.3 is 0 Å². The molecule has 0 saturated heterocycles. The Labute approximate surface area is 62.6 Å². The van der Waals surface area contributed by atoms with E-state index in [2.05, 4.69) is 13.1 Å². The van der Waals surface area contributed by atoms with Crippen LogP contribution in [-0.4, -0.2) is 10.2 Å². The van der Waals surface area contributed by atoms with E-state index >= 15 is 0 Å². The van der Waals surface area contributed by atoms with Gasteiger partial charge >= 0.3 is 0 Å². The van der Waals surface area contributed by atoms with Gasteiger partial charge in [0.1, 0.15) is 0 Å². The van der Waals surface area contributed by atoms with Gasteiger partial charge in [-0.25, -0.2) is 0 Å². The van der Waals surface area contributed by atoms with E-state index in [0.29, 0.717) is 0 Å². The van der Waals surface area contributed by atoms with Crippen molar-refractivity contribution < 1.29 is 26.2 Å². The molecule has 0 amide bonds. The van der Waals surface area contributed by atoms with E-state index in [9.17, 15) is 0 Å². The zero-order chi connectivity index (χ0) is 4.71. The van der Waals surface area contributed by atoms with E-state index in [1.54, 1.807) is 6.08 Å². The number of hydrogen-bond acceptors (Lipinski definition) is 0. The van der Waals surface area contributed by atoms with Gasteiger partial charge in [0.15, 0.2) is 0 Å². The average molecular weight is 179 g/mol. The second-order valence-corrected chi connectivity index (χ2v) is 0.408. The first-order chi connectivity index (χ1) is 2.41. The first-order valence-corrected chi connectivity index (χ1v) is 3.99. The fourth-order valence-corrected chi connectivity index (χ4v) is 0. The Balaban J connectivity index is -0.0000000275. The van der Waals surface area contributed by atoms with Crippen LogP contribution in [0.15, 0.2) is 12.7 Å². The van der Waals surface area contributed by atoms with Crippen molar-refractivity contribution in [2.45, 2.75) is 13.5 Å². The van der Waals surface area contributed by atoms with Crippen molar-refractivity contribution in [1.82, 2.24) is 0 Å². The van der Waals surface area contributed by atoms with Gasteiger partial charge in [-0.2, -0.15) is 0 Å². The molecule has 0 spiro atoms. The summed E-state index contributed by atoms with van der Waals surface area (Å²) in [6, 6.07) is 0. The van der Waals surface area contributed by atoms with Crippen molar-refractivity contribution in [3.05, 3.63) is 12.7 Å². The molecule has 0 unspecified atom stereocenters. The largest absolute Gasteiger partial charge is 0.103 e. The van der Waals surface area contributed by atoms with Crippen molar-refractivity contribution >= 4 is 10.2 Å². The number of hydrogen-bond donors (Lipinski definition) is 0. The van der Waals surface area contributed by atoms with Crippen LogP contribution in [0.2, 0.25) is 6.55 Å². The summed E-state index contributed by atoms with van der Waals surface area (Å²) in [5, 5.41) is 0. The summed E-state index contributed by atoms with van der Waals surface area (Å²) in [5.41, 5.74) is 0. The van der Waals surface area contributed by atoms with Gasteiger partial charge in [0.2, 0.25) is 0 Å². The summed E-state index contributed by atoms with van der Waals surface area (Å²) in [4.78, 5) is 0. The van der Waals surface area contributed by atoms with Crippen LogP contribution >= 0.6 is 0 Å². The summed E-state index contributed by atoms with van der Waals surface area (Å²) < 4.78 is 0. The summed E-state index contributed by atoms with van der Waals surface area (Å²) in [5.74, 6) is 0. The van der Waals surface area contributed by atoms with Crippen molar-refractivity contribution in [3.8, 4) is 0 Å². The minimum Gasteiger partial charge on any atom is -0.103 e. The molecule has 0 bridgehead atoms. The van der Waals surface area contributed by atoms with E-state index in [1.807, 2.05) is 6.92 Å². The van der Waals surface area contributed by atoms with Crippen LogP contribution in [0.4, 0.5) is 0 Å². The predicted molar refractivity (Wildman–Crippen MR) is 31.7 cm³/mol. The molecule has 36 valence electrons. The Kier molecular flexibility index (Phi) is 107. The molecule has 0 aromatic carbocycles. The van der Waals surface area contributed by atoms with E-state index in [4.69, 9.17) is 0 Å². The smallest absolute Gasteiger partial charge is 0 e. The third-order valence-electron chi connectivity index (χ3n) is 0. The van der Waals surface area contributed by atoms with Crippen molar-refractivity contribution in [2.75, 3.05) is 0 Å². The van der Waals surface area contributed by atoms with Crippen molar-refractivity contribution in [3.63, 3.8) is 0 Å². The van der Waals surface area contributed by atoms with Crippen LogP contribution in [-0.2, 0) is 26.2 Å². The molecule has 6 heavy (non-hydrogen) atoms. The minimum absolute atomic E-state index is 0. The topological polar surface area (TPSA) is 0 Å². The molecule has 0 radical (unpaired) electrons. The standard InChI is InChI=1S/C3H6.CH6Si.Zr/c1-3-2;1-2;/h3H,1H2,2H3;1-2H3;. The third kappa shape index (κ3) is 101. The second-order valence-electron chi connectivity index (χ2n) is 0.408. The van der Waals surface area contributed by atoms with E-state index < -0.39 is 0 Å². The molecule has 0 saturated carbocycles. The molecule has 0 aliphatic heterocycles. The van der Waals surface area contributed by atoms with E-state index in [1.165, 1.54) is 10.2 Å². The SMILES string of the molecule is C=CC.C[SiH3].[Zr]. The quantitative estimate of drug-likeness (QED) is 0.377. The second kappa shape index (κ2) is 40.4. The van der Waals surface area contributed by atoms with Gasteiger partial charge in [-0.05, 0) is 17.2 Å². The van der Waals surface area contributed by atoms with Crippen LogP contribution in [0.3, 0.4) is 0 Å². The molecule has 0 fully saturated rings. The summed E-state index contributed by atoms with van der Waals surface area (Å²) in [6.45, 7) is 7.39. The maximum Gasteiger partial charge on any atom is 0 e. The molecular formula is C4H12SiZr. The minimum atomic E-state index is 0. The average Bonchev–Trinajstić information content (AvgIpc) is 1.46. The Bertz CT molecular complexity index is 15.0. The van der Waals surface area contributed by atoms with Crippen LogP contribution in [0, 0.1) is 0 Å². The Morgan fingerprint density at radius 3 is 1.50 bits per heavy atom. The molecule has 0 nitrogen and oxygen atoms in total. The first-order valence-electron chi connectivity index (χ1n) is 1.99. The first kappa shape index (κ1) is 15.8. The molecule has 0 aromatic heterocycles. The van der Waals surface area contributed by atoms with Gasteiger partial charge in [-0.3, -0.25) is 0 Å². The molecule has 0 N–H and O–H groups in total. The zero-order valence-corrected chi connectivity index (χ0v) is 9.24. The number of rotatable bonds is 0. The van der Waals surface area contributed by atoms with Gasteiger partial charge in [0.05, 0.1) is 0 Å². The Morgan fingerprint density at radius 2 is 1.50 bits per heavy atom. The van der Waals surface area contributed by atoms with E-state index in [-0.39, 0.29) is 26.2 Å². The molecule has 0 heterocycles. The number of allylic oxidation sites excluding steroid dienone is 1. The molecule has 0 aliphatic rings. The maximum atomic E-state index is 3.36. The molecule has 0 atom stereocenters. The predicted octanol–water partition coefficient (Wildman–Crippen LogP) is 0.590. The molecule has 2 heteroatoms. The summed E-state index contributed by atoms with van der Waals surface area (Å²) >= 11 is 0. The van der Waals surface area contributed by atoms with Gasteiger partial charge in [-0.1, -0.05) is 12.6 Å². The van der Waals surface area contributed by atoms with Gasteiger partial charge in [0, 0.05) is 26.2 Å².